The minimum Gasteiger partial charge on any atom is -0.341 e. The average Bonchev–Trinajstić information content (AvgIpc) is 2.55. The van der Waals surface area contributed by atoms with Gasteiger partial charge >= 0.3 is 6.18 Å². The molecule has 0 aliphatic carbocycles. The van der Waals surface area contributed by atoms with Crippen molar-refractivity contribution < 1.29 is 18.0 Å². The Kier molecular flexibility index (Phi) is 7.45. The van der Waals surface area contributed by atoms with Crippen LogP contribution in [0.2, 0.25) is 0 Å². The standard InChI is InChI=1S/C18H19F3N2O.ClH/c1-23(12-13-6-5-9-15(10-13)18(19,20)21)17(24)11-16(22)14-7-3-2-4-8-14;/h2-10,16H,11-12,22H2,1H3;1H. The lowest BCUT2D eigenvalue weighted by Gasteiger charge is -2.20. The summed E-state index contributed by atoms with van der Waals surface area (Å²) in [5.41, 5.74) is 6.56. The molecular weight excluding hydrogens is 353 g/mol. The Labute approximate surface area is 151 Å². The number of nitrogens with zero attached hydrogens (tertiary/aromatic N) is 1. The molecule has 0 saturated carbocycles. The van der Waals surface area contributed by atoms with Crippen LogP contribution in [-0.4, -0.2) is 17.9 Å². The first-order valence-electron chi connectivity index (χ1n) is 7.48. The molecule has 136 valence electrons. The van der Waals surface area contributed by atoms with Crippen LogP contribution < -0.4 is 5.73 Å². The highest BCUT2D eigenvalue weighted by Gasteiger charge is 2.30. The number of alkyl halides is 3. The zero-order valence-electron chi connectivity index (χ0n) is 13.7. The van der Waals surface area contributed by atoms with Crippen molar-refractivity contribution in [3.8, 4) is 0 Å². The van der Waals surface area contributed by atoms with Crippen LogP contribution in [0.15, 0.2) is 54.6 Å². The van der Waals surface area contributed by atoms with Gasteiger partial charge in [-0.15, -0.1) is 12.4 Å². The van der Waals surface area contributed by atoms with Crippen LogP contribution in [0.5, 0.6) is 0 Å². The molecule has 3 nitrogen and oxygen atoms in total. The Morgan fingerprint density at radius 3 is 2.36 bits per heavy atom. The van der Waals surface area contributed by atoms with E-state index in [0.29, 0.717) is 5.56 Å². The molecule has 2 N–H and O–H groups in total. The largest absolute Gasteiger partial charge is 0.416 e. The molecule has 1 amide bonds. The maximum atomic E-state index is 12.7. The van der Waals surface area contributed by atoms with E-state index in [4.69, 9.17) is 5.73 Å². The number of rotatable bonds is 5. The van der Waals surface area contributed by atoms with Crippen molar-refractivity contribution in [1.82, 2.24) is 4.90 Å². The maximum absolute atomic E-state index is 12.7. The second-order valence-electron chi connectivity index (χ2n) is 5.67. The molecule has 25 heavy (non-hydrogen) atoms. The average molecular weight is 373 g/mol. The lowest BCUT2D eigenvalue weighted by atomic mass is 10.0. The molecule has 0 saturated heterocycles. The lowest BCUT2D eigenvalue weighted by Crippen LogP contribution is -2.29. The topological polar surface area (TPSA) is 46.3 Å². The minimum atomic E-state index is -4.39. The molecule has 0 aliphatic rings. The molecule has 7 heteroatoms. The van der Waals surface area contributed by atoms with E-state index in [1.807, 2.05) is 30.3 Å². The van der Waals surface area contributed by atoms with E-state index in [9.17, 15) is 18.0 Å². The van der Waals surface area contributed by atoms with Crippen LogP contribution in [0.1, 0.15) is 29.2 Å². The van der Waals surface area contributed by atoms with E-state index in [1.165, 1.54) is 11.0 Å². The summed E-state index contributed by atoms with van der Waals surface area (Å²) in [5.74, 6) is -0.219. The quantitative estimate of drug-likeness (QED) is 0.856. The summed E-state index contributed by atoms with van der Waals surface area (Å²) in [6.07, 6.45) is -4.30. The first-order chi connectivity index (χ1) is 11.3. The molecule has 2 rings (SSSR count). The third-order valence-electron chi connectivity index (χ3n) is 3.72. The second kappa shape index (κ2) is 8.87. The third kappa shape index (κ3) is 6.07. The van der Waals surface area contributed by atoms with Gasteiger partial charge in [0.2, 0.25) is 5.91 Å². The second-order valence-corrected chi connectivity index (χ2v) is 5.67. The molecule has 0 radical (unpaired) electrons. The molecule has 1 unspecified atom stereocenters. The smallest absolute Gasteiger partial charge is 0.341 e. The van der Waals surface area contributed by atoms with Gasteiger partial charge in [0.05, 0.1) is 5.56 Å². The Morgan fingerprint density at radius 1 is 1.12 bits per heavy atom. The van der Waals surface area contributed by atoms with Crippen LogP contribution >= 0.6 is 12.4 Å². The van der Waals surface area contributed by atoms with Crippen LogP contribution in [0.3, 0.4) is 0 Å². The predicted octanol–water partition coefficient (Wildman–Crippen LogP) is 4.18. The number of halogens is 4. The van der Waals surface area contributed by atoms with Gasteiger partial charge in [-0.05, 0) is 23.3 Å². The highest BCUT2D eigenvalue weighted by molar-refractivity contribution is 5.85. The van der Waals surface area contributed by atoms with E-state index in [0.717, 1.165) is 17.7 Å². The van der Waals surface area contributed by atoms with Crippen molar-refractivity contribution in [1.29, 1.82) is 0 Å². The molecule has 0 bridgehead atoms. The van der Waals surface area contributed by atoms with Gasteiger partial charge in [-0.25, -0.2) is 0 Å². The van der Waals surface area contributed by atoms with E-state index >= 15 is 0 Å². The molecule has 2 aromatic carbocycles. The van der Waals surface area contributed by atoms with Gasteiger partial charge in [0.1, 0.15) is 0 Å². The number of hydrogen-bond donors (Lipinski definition) is 1. The number of carbonyl (C=O) groups is 1. The van der Waals surface area contributed by atoms with Crippen molar-refractivity contribution in [2.24, 2.45) is 5.73 Å². The first-order valence-corrected chi connectivity index (χ1v) is 7.48. The Hall–Kier alpha value is -2.05. The summed E-state index contributed by atoms with van der Waals surface area (Å²) >= 11 is 0. The van der Waals surface area contributed by atoms with Gasteiger partial charge in [0.15, 0.2) is 0 Å². The number of benzene rings is 2. The molecule has 0 aliphatic heterocycles. The van der Waals surface area contributed by atoms with E-state index in [1.54, 1.807) is 13.1 Å². The minimum absolute atomic E-state index is 0. The van der Waals surface area contributed by atoms with Gasteiger partial charge in [0, 0.05) is 26.1 Å². The number of amides is 1. The predicted molar refractivity (Wildman–Crippen MR) is 93.2 cm³/mol. The zero-order valence-corrected chi connectivity index (χ0v) is 14.5. The summed E-state index contributed by atoms with van der Waals surface area (Å²) < 4.78 is 38.2. The van der Waals surface area contributed by atoms with Gasteiger partial charge in [0.25, 0.3) is 0 Å². The summed E-state index contributed by atoms with van der Waals surface area (Å²) in [7, 11) is 1.56. The first kappa shape index (κ1) is 21.0. The molecule has 0 spiro atoms. The molecule has 1 atom stereocenters. The van der Waals surface area contributed by atoms with Crippen molar-refractivity contribution in [2.45, 2.75) is 25.2 Å². The van der Waals surface area contributed by atoms with Gasteiger partial charge in [-0.2, -0.15) is 13.2 Å². The van der Waals surface area contributed by atoms with E-state index in [-0.39, 0.29) is 31.3 Å². The highest BCUT2D eigenvalue weighted by atomic mass is 35.5. The Bertz CT molecular complexity index is 692. The summed E-state index contributed by atoms with van der Waals surface area (Å²) in [6.45, 7) is 0.101. The number of hydrogen-bond acceptors (Lipinski definition) is 2. The summed E-state index contributed by atoms with van der Waals surface area (Å²) in [5, 5.41) is 0. The molecule has 0 fully saturated rings. The van der Waals surface area contributed by atoms with E-state index < -0.39 is 17.8 Å². The van der Waals surface area contributed by atoms with Crippen molar-refractivity contribution in [3.05, 3.63) is 71.3 Å². The summed E-state index contributed by atoms with van der Waals surface area (Å²) in [4.78, 5) is 13.6. The highest BCUT2D eigenvalue weighted by Crippen LogP contribution is 2.29. The van der Waals surface area contributed by atoms with Crippen LogP contribution in [0, 0.1) is 0 Å². The molecular formula is C18H20ClF3N2O. The van der Waals surface area contributed by atoms with Gasteiger partial charge < -0.3 is 10.6 Å². The molecule has 0 heterocycles. The monoisotopic (exact) mass is 372 g/mol. The van der Waals surface area contributed by atoms with Crippen molar-refractivity contribution >= 4 is 18.3 Å². The van der Waals surface area contributed by atoms with Crippen molar-refractivity contribution in [2.75, 3.05) is 7.05 Å². The molecule has 2 aromatic rings. The fourth-order valence-corrected chi connectivity index (χ4v) is 2.37. The Morgan fingerprint density at radius 2 is 1.76 bits per heavy atom. The maximum Gasteiger partial charge on any atom is 0.416 e. The van der Waals surface area contributed by atoms with Crippen LogP contribution in [-0.2, 0) is 17.5 Å². The molecule has 0 aromatic heterocycles. The fraction of sp³-hybridized carbons (Fsp3) is 0.278. The van der Waals surface area contributed by atoms with Crippen LogP contribution in [0.4, 0.5) is 13.2 Å². The van der Waals surface area contributed by atoms with Crippen LogP contribution in [0.25, 0.3) is 0 Å². The summed E-state index contributed by atoms with van der Waals surface area (Å²) in [6, 6.07) is 13.7. The van der Waals surface area contributed by atoms with Gasteiger partial charge in [-0.3, -0.25) is 4.79 Å². The van der Waals surface area contributed by atoms with Crippen molar-refractivity contribution in [3.63, 3.8) is 0 Å². The zero-order chi connectivity index (χ0) is 17.7. The van der Waals surface area contributed by atoms with E-state index in [2.05, 4.69) is 0 Å². The third-order valence-corrected chi connectivity index (χ3v) is 3.72. The fourth-order valence-electron chi connectivity index (χ4n) is 2.37. The Balaban J connectivity index is 0.00000312. The number of nitrogens with two attached hydrogens (primary N) is 1. The normalized spacial score (nSPS) is 12.2. The number of carbonyl (C=O) groups excluding carboxylic acids is 1. The van der Waals surface area contributed by atoms with Gasteiger partial charge in [-0.1, -0.05) is 42.5 Å². The SMILES string of the molecule is CN(Cc1cccc(C(F)(F)F)c1)C(=O)CC(N)c1ccccc1.Cl. The lowest BCUT2D eigenvalue weighted by molar-refractivity contribution is -0.137.